The second-order valence-corrected chi connectivity index (χ2v) is 11.1. The van der Waals surface area contributed by atoms with E-state index in [2.05, 4.69) is 37.1 Å². The van der Waals surface area contributed by atoms with Crippen LogP contribution in [0.4, 0.5) is 0 Å². The molecule has 1 aliphatic heterocycles. The number of carbonyl (C=O) groups is 1. The van der Waals surface area contributed by atoms with E-state index in [0.29, 0.717) is 18.6 Å². The van der Waals surface area contributed by atoms with Crippen LogP contribution in [-0.4, -0.2) is 47.3 Å². The summed E-state index contributed by atoms with van der Waals surface area (Å²) >= 11 is 0. The number of nitrogens with zero attached hydrogens (tertiary/aromatic N) is 1. The van der Waals surface area contributed by atoms with Crippen molar-refractivity contribution in [2.24, 2.45) is 5.92 Å². The lowest BCUT2D eigenvalue weighted by atomic mass is 9.52. The monoisotopic (exact) mass is 461 g/mol. The largest absolute Gasteiger partial charge is 0.504 e. The Bertz CT molecular complexity index is 1100. The molecule has 1 N–H and O–H groups in total. The number of likely N-dealkylation sites (N-methyl/N-ethyl adjacent to an activating group) is 1. The SMILES string of the molecule is CN(CC1CC1)C1Cc2ccc(O)c3c2[C@@]2(C)[C@H](CCC[C@@]12OC(=O)CCc1ccccc1)O3. The number of aromatic hydroxyl groups is 1. The van der Waals surface area contributed by atoms with Crippen LogP contribution in [0.2, 0.25) is 0 Å². The lowest BCUT2D eigenvalue weighted by molar-refractivity contribution is -0.198. The van der Waals surface area contributed by atoms with E-state index >= 15 is 0 Å². The van der Waals surface area contributed by atoms with Crippen LogP contribution in [0.15, 0.2) is 42.5 Å². The van der Waals surface area contributed by atoms with Crippen molar-refractivity contribution >= 4 is 5.97 Å². The molecule has 0 bridgehead atoms. The zero-order valence-electron chi connectivity index (χ0n) is 20.3. The minimum atomic E-state index is -0.667. The lowest BCUT2D eigenvalue weighted by Crippen LogP contribution is -2.71. The molecule has 2 saturated carbocycles. The highest BCUT2D eigenvalue weighted by molar-refractivity contribution is 5.72. The van der Waals surface area contributed by atoms with Crippen LogP contribution in [0, 0.1) is 5.92 Å². The van der Waals surface area contributed by atoms with Crippen molar-refractivity contribution in [2.45, 2.75) is 81.5 Å². The first kappa shape index (κ1) is 22.0. The van der Waals surface area contributed by atoms with E-state index in [1.54, 1.807) is 6.07 Å². The summed E-state index contributed by atoms with van der Waals surface area (Å²) in [6.45, 7) is 3.27. The Hall–Kier alpha value is -2.53. The van der Waals surface area contributed by atoms with Crippen molar-refractivity contribution in [3.63, 3.8) is 0 Å². The van der Waals surface area contributed by atoms with Crippen LogP contribution in [-0.2, 0) is 27.8 Å². The molecule has 5 nitrogen and oxygen atoms in total. The smallest absolute Gasteiger partial charge is 0.306 e. The van der Waals surface area contributed by atoms with Crippen LogP contribution in [0.5, 0.6) is 11.5 Å². The molecule has 4 aliphatic rings. The molecule has 180 valence electrons. The highest BCUT2D eigenvalue weighted by Crippen LogP contribution is 2.63. The van der Waals surface area contributed by atoms with Gasteiger partial charge in [0.15, 0.2) is 11.5 Å². The average molecular weight is 462 g/mol. The van der Waals surface area contributed by atoms with Gasteiger partial charge in [0.05, 0.1) is 11.5 Å². The topological polar surface area (TPSA) is 59.0 Å². The number of hydrogen-bond donors (Lipinski definition) is 1. The molecule has 2 aromatic carbocycles. The molecule has 0 spiro atoms. The second-order valence-electron chi connectivity index (χ2n) is 11.1. The predicted molar refractivity (Wildman–Crippen MR) is 130 cm³/mol. The fourth-order valence-corrected chi connectivity index (χ4v) is 7.14. The van der Waals surface area contributed by atoms with Crippen molar-refractivity contribution < 1.29 is 19.4 Å². The summed E-state index contributed by atoms with van der Waals surface area (Å²) in [6.07, 6.45) is 7.03. The first-order valence-electron chi connectivity index (χ1n) is 12.9. The number of aryl methyl sites for hydroxylation is 1. The van der Waals surface area contributed by atoms with Gasteiger partial charge in [0.2, 0.25) is 0 Å². The van der Waals surface area contributed by atoms with Gasteiger partial charge in [0.1, 0.15) is 11.7 Å². The molecule has 6 rings (SSSR count). The summed E-state index contributed by atoms with van der Waals surface area (Å²) in [6, 6.07) is 14.1. The number of carbonyl (C=O) groups excluding carboxylic acids is 1. The van der Waals surface area contributed by atoms with Crippen LogP contribution >= 0.6 is 0 Å². The molecule has 5 heteroatoms. The van der Waals surface area contributed by atoms with E-state index < -0.39 is 11.0 Å². The summed E-state index contributed by atoms with van der Waals surface area (Å²) in [5.41, 5.74) is 2.31. The van der Waals surface area contributed by atoms with E-state index in [4.69, 9.17) is 9.47 Å². The summed E-state index contributed by atoms with van der Waals surface area (Å²) in [4.78, 5) is 15.9. The minimum absolute atomic E-state index is 0.0909. The van der Waals surface area contributed by atoms with E-state index in [1.807, 2.05) is 18.2 Å². The number of esters is 1. The molecule has 0 radical (unpaired) electrons. The third-order valence-electron chi connectivity index (χ3n) is 9.02. The molecule has 1 unspecified atom stereocenters. The van der Waals surface area contributed by atoms with Crippen molar-refractivity contribution in [1.29, 1.82) is 0 Å². The number of benzene rings is 2. The van der Waals surface area contributed by atoms with E-state index in [-0.39, 0.29) is 23.9 Å². The normalized spacial score (nSPS) is 31.1. The fourth-order valence-electron chi connectivity index (χ4n) is 7.14. The van der Waals surface area contributed by atoms with Crippen molar-refractivity contribution in [3.05, 3.63) is 59.2 Å². The molecule has 4 atom stereocenters. The van der Waals surface area contributed by atoms with Gasteiger partial charge in [-0.3, -0.25) is 9.69 Å². The molecule has 0 aromatic heterocycles. The number of phenolic OH excluding ortho intramolecular Hbond substituents is 1. The van der Waals surface area contributed by atoms with E-state index in [9.17, 15) is 9.90 Å². The third-order valence-corrected chi connectivity index (χ3v) is 9.02. The zero-order chi connectivity index (χ0) is 23.5. The first-order valence-corrected chi connectivity index (χ1v) is 12.9. The van der Waals surface area contributed by atoms with Gasteiger partial charge < -0.3 is 14.6 Å². The standard InChI is InChI=1S/C29H35NO4/c1-28-24-9-6-16-29(28,34-25(32)15-12-19-7-4-3-5-8-19)23(30(2)18-20-10-11-20)17-21-13-14-22(31)27(33-24)26(21)28/h3-5,7-8,13-14,20,23-24,31H,6,9-12,15-18H2,1-2H3/t23?,24-,28+,29+/m0/s1. The molecular formula is C29H35NO4. The van der Waals surface area contributed by atoms with Crippen molar-refractivity contribution in [2.75, 3.05) is 13.6 Å². The Morgan fingerprint density at radius 2 is 1.97 bits per heavy atom. The van der Waals surface area contributed by atoms with Gasteiger partial charge in [-0.2, -0.15) is 0 Å². The van der Waals surface area contributed by atoms with Crippen LogP contribution in [0.1, 0.15) is 62.1 Å². The minimum Gasteiger partial charge on any atom is -0.504 e. The van der Waals surface area contributed by atoms with Crippen LogP contribution in [0.25, 0.3) is 0 Å². The van der Waals surface area contributed by atoms with E-state index in [0.717, 1.165) is 49.3 Å². The molecule has 0 amide bonds. The first-order chi connectivity index (χ1) is 16.4. The fraction of sp³-hybridized carbons (Fsp3) is 0.552. The van der Waals surface area contributed by atoms with Gasteiger partial charge in [-0.1, -0.05) is 36.4 Å². The maximum Gasteiger partial charge on any atom is 0.306 e. The van der Waals surface area contributed by atoms with Gasteiger partial charge in [-0.25, -0.2) is 0 Å². The van der Waals surface area contributed by atoms with Gasteiger partial charge in [-0.05, 0) is 82.0 Å². The molecule has 0 saturated heterocycles. The number of hydrogen-bond acceptors (Lipinski definition) is 5. The highest BCUT2D eigenvalue weighted by Gasteiger charge is 2.69. The molecule has 1 heterocycles. The number of rotatable bonds is 7. The van der Waals surface area contributed by atoms with Crippen molar-refractivity contribution in [3.8, 4) is 11.5 Å². The Morgan fingerprint density at radius 1 is 1.18 bits per heavy atom. The summed E-state index contributed by atoms with van der Waals surface area (Å²) < 4.78 is 13.1. The Morgan fingerprint density at radius 3 is 2.74 bits per heavy atom. The third kappa shape index (κ3) is 3.27. The van der Waals surface area contributed by atoms with Crippen LogP contribution < -0.4 is 4.74 Å². The maximum atomic E-state index is 13.5. The van der Waals surface area contributed by atoms with E-state index in [1.165, 1.54) is 18.4 Å². The van der Waals surface area contributed by atoms with Crippen molar-refractivity contribution in [1.82, 2.24) is 4.90 Å². The van der Waals surface area contributed by atoms with Crippen LogP contribution in [0.3, 0.4) is 0 Å². The molecule has 2 fully saturated rings. The molecule has 3 aliphatic carbocycles. The summed E-state index contributed by atoms with van der Waals surface area (Å²) in [5, 5.41) is 10.7. The van der Waals surface area contributed by atoms with Gasteiger partial charge >= 0.3 is 5.97 Å². The summed E-state index contributed by atoms with van der Waals surface area (Å²) in [5.74, 6) is 1.43. The Labute approximate surface area is 202 Å². The van der Waals surface area contributed by atoms with Gasteiger partial charge in [0.25, 0.3) is 0 Å². The lowest BCUT2D eigenvalue weighted by Gasteiger charge is -2.59. The molecule has 2 aromatic rings. The Kier molecular flexibility index (Phi) is 5.18. The highest BCUT2D eigenvalue weighted by atomic mass is 16.6. The maximum absolute atomic E-state index is 13.5. The zero-order valence-corrected chi connectivity index (χ0v) is 20.3. The molecule has 34 heavy (non-hydrogen) atoms. The van der Waals surface area contributed by atoms with Gasteiger partial charge in [-0.15, -0.1) is 0 Å². The number of phenols is 1. The van der Waals surface area contributed by atoms with Gasteiger partial charge in [0, 0.05) is 18.5 Å². The average Bonchev–Trinajstić information content (AvgIpc) is 3.58. The summed E-state index contributed by atoms with van der Waals surface area (Å²) in [7, 11) is 2.21. The quantitative estimate of drug-likeness (QED) is 0.602. The molecular weight excluding hydrogens is 426 g/mol. The Balaban J connectivity index is 1.39. The second kappa shape index (κ2) is 8.01. The number of ether oxygens (including phenoxy) is 2. The predicted octanol–water partition coefficient (Wildman–Crippen LogP) is 4.78.